The Hall–Kier alpha value is -2.18. The Kier molecular flexibility index (Phi) is 5.30. The van der Waals surface area contributed by atoms with Crippen molar-refractivity contribution in [3.63, 3.8) is 0 Å². The van der Waals surface area contributed by atoms with E-state index in [1.54, 1.807) is 6.20 Å². The Balaban J connectivity index is 1.37. The van der Waals surface area contributed by atoms with Crippen molar-refractivity contribution in [1.82, 2.24) is 19.2 Å². The van der Waals surface area contributed by atoms with E-state index in [0.29, 0.717) is 32.9 Å². The molecule has 0 radical (unpaired) electrons. The lowest BCUT2D eigenvalue weighted by Gasteiger charge is -2.44. The highest BCUT2D eigenvalue weighted by atomic mass is 32.2. The van der Waals surface area contributed by atoms with Gasteiger partial charge in [-0.2, -0.15) is 13.2 Å². The number of aliphatic hydroxyl groups is 1. The topological polar surface area (TPSA) is 107 Å². The molecule has 0 spiro atoms. The number of H-pyrrole nitrogens is 1. The molecule has 4 rings (SSSR count). The van der Waals surface area contributed by atoms with Crippen LogP contribution in [0.5, 0.6) is 0 Å². The summed E-state index contributed by atoms with van der Waals surface area (Å²) >= 11 is 0. The van der Waals surface area contributed by atoms with Crippen LogP contribution >= 0.6 is 0 Å². The first-order valence-corrected chi connectivity index (χ1v) is 11.4. The molecule has 2 aromatic heterocycles. The number of sulfonamides is 1. The normalized spacial score (nSPS) is 21.8. The number of hydrogen-bond donors (Lipinski definition) is 2. The Morgan fingerprint density at radius 1 is 1.26 bits per heavy atom. The second-order valence-corrected chi connectivity index (χ2v) is 10.5. The molecule has 0 unspecified atom stereocenters. The second-order valence-electron chi connectivity index (χ2n) is 8.26. The molecule has 2 N–H and O–H groups in total. The molecule has 2 aliphatic heterocycles. The highest BCUT2D eigenvalue weighted by molar-refractivity contribution is 7.89. The lowest BCUT2D eigenvalue weighted by Crippen LogP contribution is -2.66. The number of hydrogen-bond acceptors (Lipinski definition) is 5. The summed E-state index contributed by atoms with van der Waals surface area (Å²) in [7, 11) is -3.75. The van der Waals surface area contributed by atoms with Crippen molar-refractivity contribution in [3.05, 3.63) is 30.1 Å². The van der Waals surface area contributed by atoms with Gasteiger partial charge in [0.25, 0.3) is 5.91 Å². The van der Waals surface area contributed by atoms with E-state index >= 15 is 0 Å². The highest BCUT2D eigenvalue weighted by Crippen LogP contribution is 2.36. The van der Waals surface area contributed by atoms with Crippen LogP contribution in [0.25, 0.3) is 11.0 Å². The number of aromatic nitrogens is 2. The molecule has 31 heavy (non-hydrogen) atoms. The van der Waals surface area contributed by atoms with Gasteiger partial charge in [-0.1, -0.05) is 0 Å². The first kappa shape index (κ1) is 22.0. The van der Waals surface area contributed by atoms with Gasteiger partial charge in [0.15, 0.2) is 0 Å². The van der Waals surface area contributed by atoms with Crippen molar-refractivity contribution < 1.29 is 31.5 Å². The minimum absolute atomic E-state index is 0.172. The molecule has 0 saturated carbocycles. The first-order valence-electron chi connectivity index (χ1n) is 9.92. The van der Waals surface area contributed by atoms with Gasteiger partial charge in [0, 0.05) is 44.0 Å². The molecule has 1 atom stereocenters. The van der Waals surface area contributed by atoms with Gasteiger partial charge >= 0.3 is 6.18 Å². The zero-order valence-electron chi connectivity index (χ0n) is 16.8. The van der Waals surface area contributed by atoms with Crippen LogP contribution < -0.4 is 0 Å². The van der Waals surface area contributed by atoms with Crippen LogP contribution in [0.1, 0.15) is 31.2 Å². The number of nitrogens with zero attached hydrogens (tertiary/aromatic N) is 3. The largest absolute Gasteiger partial charge is 0.426 e. The Morgan fingerprint density at radius 3 is 2.52 bits per heavy atom. The molecule has 4 heterocycles. The van der Waals surface area contributed by atoms with Crippen molar-refractivity contribution in [2.45, 2.75) is 42.7 Å². The summed E-state index contributed by atoms with van der Waals surface area (Å²) < 4.78 is 65.6. The maximum Gasteiger partial charge on any atom is 0.426 e. The van der Waals surface area contributed by atoms with E-state index in [1.807, 2.05) is 18.3 Å². The number of aromatic amines is 1. The predicted molar refractivity (Wildman–Crippen MR) is 106 cm³/mol. The SMILES string of the molecule is C[C@](O)(C(=O)N1CC(S(=O)(=O)N2CCC(c3c[nH]c4ncccc34)CC2)C1)C(F)(F)F. The molecule has 0 aliphatic carbocycles. The molecule has 2 aromatic rings. The molecule has 0 bridgehead atoms. The second kappa shape index (κ2) is 7.45. The van der Waals surface area contributed by atoms with Crippen molar-refractivity contribution >= 4 is 27.0 Å². The van der Waals surface area contributed by atoms with Crippen LogP contribution in [0.2, 0.25) is 0 Å². The van der Waals surface area contributed by atoms with Gasteiger partial charge in [-0.05, 0) is 43.4 Å². The fourth-order valence-corrected chi connectivity index (χ4v) is 6.05. The Bertz CT molecular complexity index is 1090. The number of carbonyl (C=O) groups is 1. The maximum absolute atomic E-state index is 12.9. The smallest absolute Gasteiger partial charge is 0.373 e. The summed E-state index contributed by atoms with van der Waals surface area (Å²) in [6.45, 7) is 0.250. The third kappa shape index (κ3) is 3.70. The van der Waals surface area contributed by atoms with E-state index in [9.17, 15) is 31.5 Å². The summed E-state index contributed by atoms with van der Waals surface area (Å²) in [6.07, 6.45) is -0.320. The highest BCUT2D eigenvalue weighted by Gasteiger charge is 2.59. The lowest BCUT2D eigenvalue weighted by atomic mass is 9.90. The molecule has 2 saturated heterocycles. The number of nitrogens with one attached hydrogen (secondary N) is 1. The van der Waals surface area contributed by atoms with Crippen molar-refractivity contribution in [3.8, 4) is 0 Å². The number of likely N-dealkylation sites (tertiary alicyclic amines) is 1. The van der Waals surface area contributed by atoms with Crippen LogP contribution in [0, 0.1) is 0 Å². The Labute approximate surface area is 177 Å². The quantitative estimate of drug-likeness (QED) is 0.721. The van der Waals surface area contributed by atoms with Crippen LogP contribution in [0.3, 0.4) is 0 Å². The number of alkyl halides is 3. The monoisotopic (exact) mass is 460 g/mol. The van der Waals surface area contributed by atoms with Crippen LogP contribution in [-0.4, -0.2) is 81.8 Å². The lowest BCUT2D eigenvalue weighted by molar-refractivity contribution is -0.251. The minimum Gasteiger partial charge on any atom is -0.373 e. The Morgan fingerprint density at radius 2 is 1.90 bits per heavy atom. The summed E-state index contributed by atoms with van der Waals surface area (Å²) in [6, 6.07) is 3.81. The average molecular weight is 460 g/mol. The van der Waals surface area contributed by atoms with Crippen LogP contribution in [0.15, 0.2) is 24.5 Å². The van der Waals surface area contributed by atoms with Crippen LogP contribution in [-0.2, 0) is 14.8 Å². The molecule has 170 valence electrons. The number of carbonyl (C=O) groups excluding carboxylic acids is 1. The molecule has 2 fully saturated rings. The molecular formula is C19H23F3N4O4S. The van der Waals surface area contributed by atoms with Gasteiger partial charge < -0.3 is 15.0 Å². The van der Waals surface area contributed by atoms with Gasteiger partial charge in [0.1, 0.15) is 10.9 Å². The van der Waals surface area contributed by atoms with Gasteiger partial charge in [-0.15, -0.1) is 0 Å². The van der Waals surface area contributed by atoms with E-state index < -0.39 is 33.0 Å². The van der Waals surface area contributed by atoms with Crippen LogP contribution in [0.4, 0.5) is 13.2 Å². The third-order valence-electron chi connectivity index (χ3n) is 6.26. The fraction of sp³-hybridized carbons (Fsp3) is 0.579. The molecule has 8 nitrogen and oxygen atoms in total. The minimum atomic E-state index is -5.13. The standard InChI is InChI=1S/C19H23F3N4O4S/c1-18(28,19(20,21)22)17(27)25-10-13(11-25)31(29,30)26-7-4-12(5-8-26)15-9-24-16-14(15)3-2-6-23-16/h2-3,6,9,12-13,28H,4-5,7-8,10-11H2,1H3,(H,23,24)/t18-/m0/s1. The summed E-state index contributed by atoms with van der Waals surface area (Å²) in [5, 5.41) is 9.55. The van der Waals surface area contributed by atoms with Crippen molar-refractivity contribution in [1.29, 1.82) is 0 Å². The number of piperidine rings is 1. The van der Waals surface area contributed by atoms with Gasteiger partial charge in [-0.3, -0.25) is 4.79 Å². The van der Waals surface area contributed by atoms with Crippen molar-refractivity contribution in [2.24, 2.45) is 0 Å². The molecule has 12 heteroatoms. The van der Waals surface area contributed by atoms with E-state index in [1.165, 1.54) is 4.31 Å². The zero-order valence-corrected chi connectivity index (χ0v) is 17.6. The number of halogens is 3. The van der Waals surface area contributed by atoms with E-state index in [0.717, 1.165) is 21.5 Å². The fourth-order valence-electron chi connectivity index (χ4n) is 4.17. The number of rotatable bonds is 4. The number of amides is 1. The van der Waals surface area contributed by atoms with Crippen molar-refractivity contribution in [2.75, 3.05) is 26.2 Å². The number of fused-ring (bicyclic) bond motifs is 1. The van der Waals surface area contributed by atoms with Gasteiger partial charge in [0.05, 0.1) is 0 Å². The van der Waals surface area contributed by atoms with Gasteiger partial charge in [-0.25, -0.2) is 17.7 Å². The summed E-state index contributed by atoms with van der Waals surface area (Å²) in [5.74, 6) is -1.36. The molecular weight excluding hydrogens is 437 g/mol. The third-order valence-corrected chi connectivity index (χ3v) is 8.49. The predicted octanol–water partition coefficient (Wildman–Crippen LogP) is 1.60. The summed E-state index contributed by atoms with van der Waals surface area (Å²) in [4.78, 5) is 20.1. The average Bonchev–Trinajstić information content (AvgIpc) is 3.10. The maximum atomic E-state index is 12.9. The van der Waals surface area contributed by atoms with E-state index in [4.69, 9.17) is 0 Å². The zero-order chi connectivity index (χ0) is 22.6. The number of pyridine rings is 1. The first-order chi connectivity index (χ1) is 14.4. The van der Waals surface area contributed by atoms with Gasteiger partial charge in [0.2, 0.25) is 15.6 Å². The summed E-state index contributed by atoms with van der Waals surface area (Å²) in [5.41, 5.74) is -1.66. The molecule has 2 aliphatic rings. The van der Waals surface area contributed by atoms with E-state index in [-0.39, 0.29) is 19.0 Å². The molecule has 0 aromatic carbocycles. The molecule has 1 amide bonds. The van der Waals surface area contributed by atoms with E-state index in [2.05, 4.69) is 9.97 Å².